The maximum atomic E-state index is 12.4. The van der Waals surface area contributed by atoms with Crippen molar-refractivity contribution in [3.8, 4) is 6.07 Å². The fourth-order valence-electron chi connectivity index (χ4n) is 2.25. The van der Waals surface area contributed by atoms with Crippen molar-refractivity contribution in [3.05, 3.63) is 29.8 Å². The number of aliphatic hydroxyl groups is 1. The van der Waals surface area contributed by atoms with Crippen LogP contribution in [0, 0.1) is 11.3 Å². The van der Waals surface area contributed by atoms with Crippen molar-refractivity contribution in [1.82, 2.24) is 5.32 Å². The highest BCUT2D eigenvalue weighted by Gasteiger charge is 2.27. The predicted octanol–water partition coefficient (Wildman–Crippen LogP) is 0.636. The molecular formula is C14H17N3O2. The first-order chi connectivity index (χ1) is 9.26. The average molecular weight is 259 g/mol. The summed E-state index contributed by atoms with van der Waals surface area (Å²) >= 11 is 0. The fourth-order valence-corrected chi connectivity index (χ4v) is 2.25. The molecule has 0 bridgehead atoms. The third-order valence-electron chi connectivity index (χ3n) is 3.22. The van der Waals surface area contributed by atoms with Gasteiger partial charge in [-0.1, -0.05) is 6.07 Å². The molecule has 1 unspecified atom stereocenters. The van der Waals surface area contributed by atoms with Crippen molar-refractivity contribution < 1.29 is 9.90 Å². The van der Waals surface area contributed by atoms with Gasteiger partial charge < -0.3 is 15.3 Å². The van der Waals surface area contributed by atoms with Gasteiger partial charge in [0.15, 0.2) is 0 Å². The predicted molar refractivity (Wildman–Crippen MR) is 71.6 cm³/mol. The van der Waals surface area contributed by atoms with Gasteiger partial charge in [0.2, 0.25) is 5.91 Å². The molecule has 100 valence electrons. The van der Waals surface area contributed by atoms with Crippen LogP contribution in [-0.2, 0) is 4.79 Å². The number of rotatable bonds is 3. The van der Waals surface area contributed by atoms with Gasteiger partial charge in [0.25, 0.3) is 0 Å². The highest BCUT2D eigenvalue weighted by molar-refractivity contribution is 5.97. The van der Waals surface area contributed by atoms with Gasteiger partial charge in [0, 0.05) is 18.8 Å². The third-order valence-corrected chi connectivity index (χ3v) is 3.22. The zero-order chi connectivity index (χ0) is 13.7. The normalized spacial score (nSPS) is 19.9. The Bertz CT molecular complexity index is 496. The zero-order valence-corrected chi connectivity index (χ0v) is 10.7. The lowest BCUT2D eigenvalue weighted by atomic mass is 10.1. The van der Waals surface area contributed by atoms with Crippen LogP contribution in [0.15, 0.2) is 24.3 Å². The number of carbonyl (C=O) groups is 1. The summed E-state index contributed by atoms with van der Waals surface area (Å²) in [6.45, 7) is 1.36. The van der Waals surface area contributed by atoms with E-state index in [1.807, 2.05) is 6.07 Å². The SMILES string of the molecule is N#Cc1cccc(N2CCCNC(CCO)C2=O)c1. The van der Waals surface area contributed by atoms with Gasteiger partial charge in [-0.25, -0.2) is 0 Å². The lowest BCUT2D eigenvalue weighted by molar-refractivity contribution is -0.120. The second kappa shape index (κ2) is 6.32. The number of hydrogen-bond acceptors (Lipinski definition) is 4. The molecule has 0 aliphatic carbocycles. The number of nitriles is 1. The van der Waals surface area contributed by atoms with Gasteiger partial charge in [0.05, 0.1) is 17.7 Å². The molecule has 1 aromatic carbocycles. The van der Waals surface area contributed by atoms with Crippen LogP contribution in [0.3, 0.4) is 0 Å². The van der Waals surface area contributed by atoms with Crippen LogP contribution in [0.25, 0.3) is 0 Å². The average Bonchev–Trinajstić information content (AvgIpc) is 2.62. The number of benzene rings is 1. The molecule has 0 aromatic heterocycles. The van der Waals surface area contributed by atoms with E-state index < -0.39 is 0 Å². The highest BCUT2D eigenvalue weighted by Crippen LogP contribution is 2.19. The van der Waals surface area contributed by atoms with Crippen LogP contribution in [0.2, 0.25) is 0 Å². The fraction of sp³-hybridized carbons (Fsp3) is 0.429. The number of nitrogens with zero attached hydrogens (tertiary/aromatic N) is 2. The molecular weight excluding hydrogens is 242 g/mol. The molecule has 1 atom stereocenters. The summed E-state index contributed by atoms with van der Waals surface area (Å²) in [7, 11) is 0. The van der Waals surface area contributed by atoms with Gasteiger partial charge in [-0.2, -0.15) is 5.26 Å². The Morgan fingerprint density at radius 3 is 3.11 bits per heavy atom. The monoisotopic (exact) mass is 259 g/mol. The largest absolute Gasteiger partial charge is 0.396 e. The van der Waals surface area contributed by atoms with Crippen molar-refractivity contribution in [2.24, 2.45) is 0 Å². The number of anilines is 1. The first-order valence-electron chi connectivity index (χ1n) is 6.42. The van der Waals surface area contributed by atoms with E-state index >= 15 is 0 Å². The molecule has 19 heavy (non-hydrogen) atoms. The topological polar surface area (TPSA) is 76.4 Å². The lowest BCUT2D eigenvalue weighted by Crippen LogP contribution is -2.44. The second-order valence-corrected chi connectivity index (χ2v) is 4.52. The van der Waals surface area contributed by atoms with E-state index in [1.165, 1.54) is 0 Å². The Labute approximate surface area is 112 Å². The molecule has 0 radical (unpaired) electrons. The summed E-state index contributed by atoms with van der Waals surface area (Å²) in [6, 6.07) is 8.78. The van der Waals surface area contributed by atoms with Crippen LogP contribution < -0.4 is 10.2 Å². The summed E-state index contributed by atoms with van der Waals surface area (Å²) in [6.07, 6.45) is 1.26. The van der Waals surface area contributed by atoms with E-state index in [4.69, 9.17) is 10.4 Å². The second-order valence-electron chi connectivity index (χ2n) is 4.52. The smallest absolute Gasteiger partial charge is 0.244 e. The van der Waals surface area contributed by atoms with Gasteiger partial charge >= 0.3 is 0 Å². The molecule has 1 saturated heterocycles. The van der Waals surface area contributed by atoms with Gasteiger partial charge in [-0.15, -0.1) is 0 Å². The maximum Gasteiger partial charge on any atom is 0.244 e. The zero-order valence-electron chi connectivity index (χ0n) is 10.7. The molecule has 1 aliphatic rings. The summed E-state index contributed by atoms with van der Waals surface area (Å²) in [4.78, 5) is 14.1. The molecule has 1 fully saturated rings. The minimum atomic E-state index is -0.349. The summed E-state index contributed by atoms with van der Waals surface area (Å²) in [5.41, 5.74) is 1.29. The first kappa shape index (κ1) is 13.5. The summed E-state index contributed by atoms with van der Waals surface area (Å²) in [5, 5.41) is 21.1. The van der Waals surface area contributed by atoms with Gasteiger partial charge in [-0.3, -0.25) is 4.79 Å². The van der Waals surface area contributed by atoms with E-state index in [9.17, 15) is 4.79 Å². The molecule has 1 amide bonds. The van der Waals surface area contributed by atoms with Crippen LogP contribution >= 0.6 is 0 Å². The number of amides is 1. The Morgan fingerprint density at radius 2 is 2.37 bits per heavy atom. The summed E-state index contributed by atoms with van der Waals surface area (Å²) in [5.74, 6) is -0.0401. The number of hydrogen-bond donors (Lipinski definition) is 2. The van der Waals surface area contributed by atoms with Crippen LogP contribution in [0.4, 0.5) is 5.69 Å². The lowest BCUT2D eigenvalue weighted by Gasteiger charge is -2.24. The van der Waals surface area contributed by atoms with E-state index in [0.717, 1.165) is 18.7 Å². The molecule has 1 heterocycles. The first-order valence-corrected chi connectivity index (χ1v) is 6.42. The van der Waals surface area contributed by atoms with E-state index in [0.29, 0.717) is 18.5 Å². The van der Waals surface area contributed by atoms with Crippen LogP contribution in [-0.4, -0.2) is 36.8 Å². The van der Waals surface area contributed by atoms with Crippen LogP contribution in [0.1, 0.15) is 18.4 Å². The molecule has 5 nitrogen and oxygen atoms in total. The molecule has 5 heteroatoms. The van der Waals surface area contributed by atoms with Crippen molar-refractivity contribution in [1.29, 1.82) is 5.26 Å². The van der Waals surface area contributed by atoms with Crippen molar-refractivity contribution in [2.75, 3.05) is 24.6 Å². The Morgan fingerprint density at radius 1 is 1.53 bits per heavy atom. The quantitative estimate of drug-likeness (QED) is 0.835. The van der Waals surface area contributed by atoms with Crippen molar-refractivity contribution >= 4 is 11.6 Å². The molecule has 1 aromatic rings. The van der Waals surface area contributed by atoms with Gasteiger partial charge in [-0.05, 0) is 37.6 Å². The van der Waals surface area contributed by atoms with E-state index in [2.05, 4.69) is 11.4 Å². The minimum Gasteiger partial charge on any atom is -0.396 e. The minimum absolute atomic E-state index is 0.0184. The molecule has 0 spiro atoms. The van der Waals surface area contributed by atoms with Gasteiger partial charge in [0.1, 0.15) is 0 Å². The van der Waals surface area contributed by atoms with Crippen LogP contribution in [0.5, 0.6) is 0 Å². The Kier molecular flexibility index (Phi) is 4.50. The van der Waals surface area contributed by atoms with E-state index in [-0.39, 0.29) is 18.6 Å². The Balaban J connectivity index is 2.25. The molecule has 2 rings (SSSR count). The number of carbonyl (C=O) groups excluding carboxylic acids is 1. The number of nitrogens with one attached hydrogen (secondary N) is 1. The van der Waals surface area contributed by atoms with Crippen molar-refractivity contribution in [2.45, 2.75) is 18.9 Å². The molecule has 2 N–H and O–H groups in total. The van der Waals surface area contributed by atoms with Crippen molar-refractivity contribution in [3.63, 3.8) is 0 Å². The standard InChI is InChI=1S/C14H17N3O2/c15-10-11-3-1-4-12(9-11)17-7-2-6-16-13(5-8-18)14(17)19/h1,3-4,9,13,16,18H,2,5-8H2. The Hall–Kier alpha value is -1.90. The highest BCUT2D eigenvalue weighted by atomic mass is 16.3. The molecule has 0 saturated carbocycles. The maximum absolute atomic E-state index is 12.4. The third kappa shape index (κ3) is 3.11. The number of aliphatic hydroxyl groups excluding tert-OH is 1. The molecule has 1 aliphatic heterocycles. The summed E-state index contributed by atoms with van der Waals surface area (Å²) < 4.78 is 0. The van der Waals surface area contributed by atoms with E-state index in [1.54, 1.807) is 23.1 Å².